The largest absolute Gasteiger partial charge is 0.466 e. The van der Waals surface area contributed by atoms with E-state index in [4.69, 9.17) is 4.74 Å². The van der Waals surface area contributed by atoms with Gasteiger partial charge in [0.2, 0.25) is 0 Å². The summed E-state index contributed by atoms with van der Waals surface area (Å²) in [6.07, 6.45) is 6.37. The zero-order valence-corrected chi connectivity index (χ0v) is 22.0. The van der Waals surface area contributed by atoms with Crippen molar-refractivity contribution in [1.29, 1.82) is 0 Å². The molecule has 1 aromatic heterocycles. The van der Waals surface area contributed by atoms with Gasteiger partial charge < -0.3 is 10.1 Å². The molecule has 7 heteroatoms. The summed E-state index contributed by atoms with van der Waals surface area (Å²) < 4.78 is 24.3. The summed E-state index contributed by atoms with van der Waals surface area (Å²) >= 11 is 1.47. The molecular weight excluding hydrogens is 447 g/mol. The first kappa shape index (κ1) is 24.9. The number of benzene rings is 1. The van der Waals surface area contributed by atoms with Crippen LogP contribution in [0, 0.1) is 17.2 Å². The third-order valence-electron chi connectivity index (χ3n) is 6.49. The van der Waals surface area contributed by atoms with E-state index in [0.29, 0.717) is 23.3 Å². The van der Waals surface area contributed by atoms with E-state index in [1.165, 1.54) is 17.5 Å². The highest BCUT2D eigenvalue weighted by molar-refractivity contribution is 7.97. The third-order valence-corrected chi connectivity index (χ3v) is 7.38. The number of H-pyrrole nitrogens is 1. The van der Waals surface area contributed by atoms with Crippen molar-refractivity contribution < 1.29 is 9.13 Å². The molecule has 2 heterocycles. The average molecular weight is 485 g/mol. The summed E-state index contributed by atoms with van der Waals surface area (Å²) in [5.41, 5.74) is 3.85. The molecule has 3 N–H and O–H groups in total. The molecule has 34 heavy (non-hydrogen) atoms. The Morgan fingerprint density at radius 1 is 1.26 bits per heavy atom. The number of halogens is 1. The van der Waals surface area contributed by atoms with Crippen molar-refractivity contribution in [2.24, 2.45) is 11.3 Å². The maximum atomic E-state index is 14.5. The van der Waals surface area contributed by atoms with Gasteiger partial charge in [0.15, 0.2) is 5.82 Å². The van der Waals surface area contributed by atoms with E-state index in [9.17, 15) is 4.39 Å². The van der Waals surface area contributed by atoms with E-state index in [-0.39, 0.29) is 11.2 Å². The van der Waals surface area contributed by atoms with Gasteiger partial charge in [0.25, 0.3) is 0 Å². The summed E-state index contributed by atoms with van der Waals surface area (Å²) in [7, 11) is 0. The van der Waals surface area contributed by atoms with Gasteiger partial charge >= 0.3 is 0 Å². The molecule has 2 unspecified atom stereocenters. The zero-order valence-electron chi connectivity index (χ0n) is 21.1. The second-order valence-electron chi connectivity index (χ2n) is 10.6. The lowest BCUT2D eigenvalue weighted by Crippen LogP contribution is -2.16. The van der Waals surface area contributed by atoms with Crippen LogP contribution in [-0.4, -0.2) is 10.2 Å². The van der Waals surface area contributed by atoms with Gasteiger partial charge in [-0.25, -0.2) is 4.39 Å². The van der Waals surface area contributed by atoms with E-state index in [0.717, 1.165) is 59.9 Å². The molecular formula is C27H37FN4OS. The molecule has 5 nitrogen and oxygen atoms in total. The number of aromatic amines is 1. The van der Waals surface area contributed by atoms with E-state index in [1.54, 1.807) is 6.07 Å². The highest BCUT2D eigenvalue weighted by atomic mass is 32.2. The minimum absolute atomic E-state index is 0.0325. The molecule has 184 valence electrons. The van der Waals surface area contributed by atoms with Crippen molar-refractivity contribution in [2.75, 3.05) is 5.32 Å². The number of nitrogens with one attached hydrogen (secondary N) is 3. The molecule has 0 radical (unpaired) electrons. The lowest BCUT2D eigenvalue weighted by molar-refractivity contribution is 0.182. The Hall–Kier alpha value is -2.25. The normalized spacial score (nSPS) is 20.4. The molecule has 0 spiro atoms. The number of anilines is 2. The van der Waals surface area contributed by atoms with E-state index < -0.39 is 0 Å². The molecule has 1 saturated carbocycles. The molecule has 0 saturated heterocycles. The number of aromatic nitrogens is 2. The number of hydrogen-bond donors (Lipinski definition) is 3. The molecule has 2 aliphatic rings. The Bertz CT molecular complexity index is 1090. The molecule has 1 fully saturated rings. The lowest BCUT2D eigenvalue weighted by atomic mass is 9.91. The Balaban J connectivity index is 1.44. The van der Waals surface area contributed by atoms with Crippen molar-refractivity contribution in [3.05, 3.63) is 58.4 Å². The SMILES string of the molecule is CC/C=C(/OC(=C(C)C)C(C)(C)C)C1CCC(c2cc(Nc3cc4c(cc3F)SNC4)n[nH]2)C1. The summed E-state index contributed by atoms with van der Waals surface area (Å²) in [6, 6.07) is 5.47. The van der Waals surface area contributed by atoms with Gasteiger partial charge in [0.05, 0.1) is 5.69 Å². The molecule has 1 aliphatic carbocycles. The molecule has 2 aromatic rings. The van der Waals surface area contributed by atoms with Crippen LogP contribution in [0.3, 0.4) is 0 Å². The first-order valence-electron chi connectivity index (χ1n) is 12.3. The van der Waals surface area contributed by atoms with Gasteiger partial charge in [-0.15, -0.1) is 0 Å². The number of rotatable bonds is 7. The van der Waals surface area contributed by atoms with Crippen LogP contribution >= 0.6 is 11.9 Å². The number of ether oxygens (including phenoxy) is 1. The van der Waals surface area contributed by atoms with Crippen LogP contribution in [0.2, 0.25) is 0 Å². The van der Waals surface area contributed by atoms with Gasteiger partial charge in [0, 0.05) is 40.5 Å². The van der Waals surface area contributed by atoms with Crippen molar-refractivity contribution in [3.63, 3.8) is 0 Å². The van der Waals surface area contributed by atoms with Crippen molar-refractivity contribution in [3.8, 4) is 0 Å². The van der Waals surface area contributed by atoms with Gasteiger partial charge in [0.1, 0.15) is 17.3 Å². The summed E-state index contributed by atoms with van der Waals surface area (Å²) in [6.45, 7) is 13.8. The lowest BCUT2D eigenvalue weighted by Gasteiger charge is -2.28. The molecule has 4 rings (SSSR count). The van der Waals surface area contributed by atoms with Gasteiger partial charge in [-0.1, -0.05) is 27.7 Å². The fourth-order valence-electron chi connectivity index (χ4n) is 5.01. The summed E-state index contributed by atoms with van der Waals surface area (Å²) in [5.74, 6) is 3.32. The van der Waals surface area contributed by atoms with E-state index in [2.05, 4.69) is 67.9 Å². The number of fused-ring (bicyclic) bond motifs is 1. The summed E-state index contributed by atoms with van der Waals surface area (Å²) in [5, 5.41) is 10.8. The van der Waals surface area contributed by atoms with Gasteiger partial charge in [-0.3, -0.25) is 9.82 Å². The standard InChI is InChI=1S/C27H37FN4OS/c1-7-8-23(33-26(16(2)3)27(4,5)6)18-10-9-17(11-18)21-14-25(32-31-21)30-22-12-19-15-29-34-24(19)13-20(22)28/h8,12-14,17-18,29H,7,9-11,15H2,1-6H3,(H2,30,31,32)/b23-8+. The Labute approximate surface area is 207 Å². The van der Waals surface area contributed by atoms with Crippen LogP contribution in [-0.2, 0) is 11.3 Å². The molecule has 1 aliphatic heterocycles. The van der Waals surface area contributed by atoms with Crippen LogP contribution in [0.5, 0.6) is 0 Å². The topological polar surface area (TPSA) is 62.0 Å². The first-order valence-corrected chi connectivity index (χ1v) is 13.1. The van der Waals surface area contributed by atoms with E-state index >= 15 is 0 Å². The minimum Gasteiger partial charge on any atom is -0.466 e. The fourth-order valence-corrected chi connectivity index (χ4v) is 5.81. The first-order chi connectivity index (χ1) is 16.2. The monoisotopic (exact) mass is 484 g/mol. The minimum atomic E-state index is -0.263. The maximum absolute atomic E-state index is 14.5. The molecule has 1 aromatic carbocycles. The van der Waals surface area contributed by atoms with Crippen LogP contribution < -0.4 is 10.0 Å². The maximum Gasteiger partial charge on any atom is 0.152 e. The molecule has 0 amide bonds. The third kappa shape index (κ3) is 5.52. The predicted molar refractivity (Wildman–Crippen MR) is 138 cm³/mol. The number of hydrogen-bond acceptors (Lipinski definition) is 5. The Morgan fingerprint density at radius 2 is 2.06 bits per heavy atom. The number of allylic oxidation sites excluding steroid dienone is 4. The second kappa shape index (κ2) is 10.2. The average Bonchev–Trinajstić information content (AvgIpc) is 3.50. The fraction of sp³-hybridized carbons (Fsp3) is 0.519. The summed E-state index contributed by atoms with van der Waals surface area (Å²) in [4.78, 5) is 0.948. The Kier molecular flexibility index (Phi) is 7.43. The highest BCUT2D eigenvalue weighted by Crippen LogP contribution is 2.44. The van der Waals surface area contributed by atoms with Crippen LogP contribution in [0.25, 0.3) is 0 Å². The van der Waals surface area contributed by atoms with Gasteiger partial charge in [-0.2, -0.15) is 5.10 Å². The van der Waals surface area contributed by atoms with Crippen LogP contribution in [0.4, 0.5) is 15.9 Å². The Morgan fingerprint density at radius 3 is 2.76 bits per heavy atom. The zero-order chi connectivity index (χ0) is 24.5. The van der Waals surface area contributed by atoms with Crippen molar-refractivity contribution in [1.82, 2.24) is 14.9 Å². The highest BCUT2D eigenvalue weighted by Gasteiger charge is 2.32. The van der Waals surface area contributed by atoms with Crippen LogP contribution in [0.15, 0.2) is 46.3 Å². The predicted octanol–water partition coefficient (Wildman–Crippen LogP) is 7.94. The molecule has 2 atom stereocenters. The smallest absolute Gasteiger partial charge is 0.152 e. The van der Waals surface area contributed by atoms with Crippen molar-refractivity contribution in [2.45, 2.75) is 84.6 Å². The van der Waals surface area contributed by atoms with Crippen molar-refractivity contribution >= 4 is 23.5 Å². The van der Waals surface area contributed by atoms with Crippen LogP contribution in [0.1, 0.15) is 84.4 Å². The number of nitrogens with zero attached hydrogens (tertiary/aromatic N) is 1. The molecule has 0 bridgehead atoms. The van der Waals surface area contributed by atoms with Gasteiger partial charge in [-0.05, 0) is 80.8 Å². The van der Waals surface area contributed by atoms with E-state index in [1.807, 2.05) is 12.1 Å². The quantitative estimate of drug-likeness (QED) is 0.275. The second-order valence-corrected chi connectivity index (χ2v) is 11.5.